The van der Waals surface area contributed by atoms with Crippen LogP contribution < -0.4 is 0 Å². The molecule has 17 heavy (non-hydrogen) atoms. The molecule has 5 nitrogen and oxygen atoms in total. The number of likely N-dealkylation sites (N-methyl/N-ethyl adjacent to an activating group) is 1. The topological polar surface area (TPSA) is 68.5 Å². The Morgan fingerprint density at radius 2 is 2.18 bits per heavy atom. The Morgan fingerprint density at radius 1 is 1.53 bits per heavy atom. The lowest BCUT2D eigenvalue weighted by Gasteiger charge is -2.41. The van der Waals surface area contributed by atoms with Gasteiger partial charge < -0.3 is 19.9 Å². The van der Waals surface area contributed by atoms with Crippen LogP contribution in [0.4, 0.5) is 0 Å². The Morgan fingerprint density at radius 3 is 2.65 bits per heavy atom. The number of Topliss-reactive ketones (excluding diaryl/α,β-unsaturated/α-hetero) is 1. The quantitative estimate of drug-likeness (QED) is 0.372. The number of carbonyl (C=O) groups excluding carboxylic acids is 2. The first kappa shape index (κ1) is 13.8. The van der Waals surface area contributed by atoms with E-state index in [0.717, 1.165) is 0 Å². The third-order valence-corrected chi connectivity index (χ3v) is 2.88. The van der Waals surface area contributed by atoms with Crippen molar-refractivity contribution in [2.24, 2.45) is 0 Å². The van der Waals surface area contributed by atoms with Gasteiger partial charge in [0.1, 0.15) is 0 Å². The highest BCUT2D eigenvalue weighted by molar-refractivity contribution is 7.13. The van der Waals surface area contributed by atoms with E-state index >= 15 is 0 Å². The lowest BCUT2D eigenvalue weighted by molar-refractivity contribution is -0.852. The van der Waals surface area contributed by atoms with Crippen molar-refractivity contribution >= 4 is 23.0 Å². The summed E-state index contributed by atoms with van der Waals surface area (Å²) in [6.45, 7) is 1.89. The first-order chi connectivity index (χ1) is 7.82. The van der Waals surface area contributed by atoms with Crippen LogP contribution in [-0.4, -0.2) is 48.1 Å². The molecule has 0 saturated heterocycles. The SMILES string of the molecule is CC(O)C[N+](C)(C)[N-]C(=O)C(=O)c1cccs1. The van der Waals surface area contributed by atoms with E-state index in [2.05, 4.69) is 5.43 Å². The van der Waals surface area contributed by atoms with Gasteiger partial charge in [-0.25, -0.2) is 0 Å². The van der Waals surface area contributed by atoms with Crippen molar-refractivity contribution in [2.45, 2.75) is 13.0 Å². The Kier molecular flexibility index (Phi) is 4.39. The molecule has 1 N–H and O–H groups in total. The van der Waals surface area contributed by atoms with Gasteiger partial charge in [0.25, 0.3) is 0 Å². The number of hydrogen-bond acceptors (Lipinski definition) is 4. The van der Waals surface area contributed by atoms with Gasteiger partial charge in [0.15, 0.2) is 5.91 Å². The van der Waals surface area contributed by atoms with Crippen LogP contribution >= 0.6 is 11.3 Å². The zero-order valence-corrected chi connectivity index (χ0v) is 10.9. The van der Waals surface area contributed by atoms with Gasteiger partial charge in [-0.15, -0.1) is 11.3 Å². The second kappa shape index (κ2) is 5.39. The second-order valence-corrected chi connectivity index (χ2v) is 5.31. The first-order valence-corrected chi connectivity index (χ1v) is 6.06. The number of amides is 1. The summed E-state index contributed by atoms with van der Waals surface area (Å²) in [5, 5.41) is 11.0. The number of carbonyl (C=O) groups is 2. The van der Waals surface area contributed by atoms with Crippen molar-refractivity contribution in [1.29, 1.82) is 0 Å². The average molecular weight is 256 g/mol. The largest absolute Gasteiger partial charge is 0.448 e. The maximum atomic E-state index is 11.7. The predicted molar refractivity (Wildman–Crippen MR) is 65.7 cm³/mol. The van der Waals surface area contributed by atoms with E-state index in [1.165, 1.54) is 11.3 Å². The summed E-state index contributed by atoms with van der Waals surface area (Å²) < 4.78 is -0.0619. The lowest BCUT2D eigenvalue weighted by atomic mass is 10.3. The fourth-order valence-corrected chi connectivity index (χ4v) is 2.15. The Balaban J connectivity index is 2.63. The highest BCUT2D eigenvalue weighted by Crippen LogP contribution is 2.15. The minimum absolute atomic E-state index is 0.0619. The van der Waals surface area contributed by atoms with Crippen LogP contribution in [0.1, 0.15) is 16.6 Å². The maximum absolute atomic E-state index is 11.7. The minimum atomic E-state index is -0.780. The van der Waals surface area contributed by atoms with Gasteiger partial charge in [-0.2, -0.15) is 0 Å². The standard InChI is InChI=1S/C11H16N2O3S/c1-8(14)7-13(2,3)12-11(16)10(15)9-5-4-6-17-9/h4-6,8,14H,7H2,1-3H3. The van der Waals surface area contributed by atoms with Gasteiger partial charge in [0.05, 0.1) is 31.6 Å². The smallest absolute Gasteiger partial charge is 0.224 e. The molecule has 0 fully saturated rings. The van der Waals surface area contributed by atoms with Crippen LogP contribution in [0.25, 0.3) is 5.43 Å². The lowest BCUT2D eigenvalue weighted by Crippen LogP contribution is -2.43. The number of rotatable bonds is 5. The van der Waals surface area contributed by atoms with Crippen molar-refractivity contribution in [3.63, 3.8) is 0 Å². The summed E-state index contributed by atoms with van der Waals surface area (Å²) in [6.07, 6.45) is -0.585. The molecule has 94 valence electrons. The van der Waals surface area contributed by atoms with Crippen molar-refractivity contribution in [3.05, 3.63) is 27.8 Å². The molecule has 1 unspecified atom stereocenters. The van der Waals surface area contributed by atoms with Crippen molar-refractivity contribution < 1.29 is 19.3 Å². The molecule has 1 heterocycles. The first-order valence-electron chi connectivity index (χ1n) is 5.18. The third-order valence-electron chi connectivity index (χ3n) is 2.01. The molecule has 0 aromatic carbocycles. The van der Waals surface area contributed by atoms with Gasteiger partial charge in [0, 0.05) is 0 Å². The molecule has 0 aliphatic heterocycles. The van der Waals surface area contributed by atoms with E-state index in [-0.39, 0.29) is 11.1 Å². The molecule has 0 aliphatic carbocycles. The Labute approximate surface area is 104 Å². The zero-order valence-electron chi connectivity index (χ0n) is 10.1. The van der Waals surface area contributed by atoms with Crippen molar-refractivity contribution in [3.8, 4) is 0 Å². The molecule has 1 rings (SSSR count). The number of ketones is 1. The molecule has 1 atom stereocenters. The van der Waals surface area contributed by atoms with E-state index in [1.807, 2.05) is 0 Å². The monoisotopic (exact) mass is 256 g/mol. The number of thiophene rings is 1. The average Bonchev–Trinajstić information content (AvgIpc) is 2.65. The number of aliphatic hydroxyl groups excluding tert-OH is 1. The number of nitrogens with zero attached hydrogens (tertiary/aromatic N) is 2. The molecule has 0 bridgehead atoms. The summed E-state index contributed by atoms with van der Waals surface area (Å²) in [5.41, 5.74) is 3.80. The molecule has 0 radical (unpaired) electrons. The van der Waals surface area contributed by atoms with Crippen LogP contribution in [-0.2, 0) is 4.79 Å². The van der Waals surface area contributed by atoms with Crippen LogP contribution in [0.2, 0.25) is 0 Å². The normalized spacial score (nSPS) is 13.2. The molecular weight excluding hydrogens is 240 g/mol. The minimum Gasteiger partial charge on any atom is -0.448 e. The summed E-state index contributed by atoms with van der Waals surface area (Å²) in [6, 6.07) is 3.30. The number of quaternary nitrogens is 1. The number of aliphatic hydroxyl groups is 1. The van der Waals surface area contributed by atoms with E-state index in [1.54, 1.807) is 38.5 Å². The van der Waals surface area contributed by atoms with Gasteiger partial charge >= 0.3 is 0 Å². The fraction of sp³-hybridized carbons (Fsp3) is 0.455. The molecule has 1 aromatic rings. The molecule has 6 heteroatoms. The highest BCUT2D eigenvalue weighted by Gasteiger charge is 2.17. The predicted octanol–water partition coefficient (Wildman–Crippen LogP) is 1.20. The second-order valence-electron chi connectivity index (χ2n) is 4.36. The summed E-state index contributed by atoms with van der Waals surface area (Å²) in [5.74, 6) is -1.38. The molecule has 0 spiro atoms. The van der Waals surface area contributed by atoms with Crippen molar-refractivity contribution in [1.82, 2.24) is 0 Å². The third kappa shape index (κ3) is 4.26. The van der Waals surface area contributed by atoms with Gasteiger partial charge in [0.2, 0.25) is 5.78 Å². The van der Waals surface area contributed by atoms with Gasteiger partial charge in [-0.1, -0.05) is 6.07 Å². The molecule has 0 saturated carbocycles. The van der Waals surface area contributed by atoms with Crippen LogP contribution in [0.5, 0.6) is 0 Å². The van der Waals surface area contributed by atoms with Gasteiger partial charge in [-0.05, 0) is 18.4 Å². The zero-order chi connectivity index (χ0) is 13.1. The van der Waals surface area contributed by atoms with E-state index in [0.29, 0.717) is 4.88 Å². The fourth-order valence-electron chi connectivity index (χ4n) is 1.49. The summed E-state index contributed by atoms with van der Waals surface area (Å²) >= 11 is 1.21. The summed E-state index contributed by atoms with van der Waals surface area (Å²) in [7, 11) is 3.32. The Hall–Kier alpha value is -1.24. The summed E-state index contributed by atoms with van der Waals surface area (Å²) in [4.78, 5) is 23.7. The molecule has 1 aromatic heterocycles. The Bertz CT molecular complexity index is 399. The van der Waals surface area contributed by atoms with Crippen LogP contribution in [0, 0.1) is 0 Å². The van der Waals surface area contributed by atoms with E-state index < -0.39 is 17.8 Å². The van der Waals surface area contributed by atoms with E-state index in [4.69, 9.17) is 0 Å². The van der Waals surface area contributed by atoms with Crippen molar-refractivity contribution in [2.75, 3.05) is 20.6 Å². The van der Waals surface area contributed by atoms with Crippen LogP contribution in [0.3, 0.4) is 0 Å². The van der Waals surface area contributed by atoms with Gasteiger partial charge in [-0.3, -0.25) is 4.79 Å². The molecular formula is C11H16N2O3S. The van der Waals surface area contributed by atoms with E-state index in [9.17, 15) is 14.7 Å². The molecule has 1 amide bonds. The molecule has 0 aliphatic rings. The highest BCUT2D eigenvalue weighted by atomic mass is 32.1. The maximum Gasteiger partial charge on any atom is 0.224 e. The van der Waals surface area contributed by atoms with Crippen LogP contribution in [0.15, 0.2) is 17.5 Å². The number of hydrogen-bond donors (Lipinski definition) is 1.